The number of hydrogen-bond acceptors (Lipinski definition) is 5. The fourth-order valence-corrected chi connectivity index (χ4v) is 1.99. The monoisotopic (exact) mass is 371 g/mol. The number of rotatable bonds is 6. The Hall–Kier alpha value is -3.04. The molecule has 0 aliphatic heterocycles. The summed E-state index contributed by atoms with van der Waals surface area (Å²) in [6.07, 6.45) is -4.09. The van der Waals surface area contributed by atoms with E-state index in [2.05, 4.69) is 15.6 Å². The van der Waals surface area contributed by atoms with Crippen LogP contribution in [0.15, 0.2) is 34.9 Å². The molecule has 140 valence electrons. The van der Waals surface area contributed by atoms with Gasteiger partial charge in [-0.15, -0.1) is 0 Å². The van der Waals surface area contributed by atoms with E-state index in [1.807, 2.05) is 0 Å². The lowest BCUT2D eigenvalue weighted by molar-refractivity contribution is -0.141. The Morgan fingerprint density at radius 2 is 1.81 bits per heavy atom. The highest BCUT2D eigenvalue weighted by molar-refractivity contribution is 5.87. The summed E-state index contributed by atoms with van der Waals surface area (Å²) in [4.78, 5) is 26.1. The molecular weight excluding hydrogens is 355 g/mol. The zero-order valence-corrected chi connectivity index (χ0v) is 13.8. The van der Waals surface area contributed by atoms with Crippen LogP contribution in [0.25, 0.3) is 0 Å². The van der Waals surface area contributed by atoms with Crippen molar-refractivity contribution in [3.8, 4) is 0 Å². The number of oxazole rings is 1. The van der Waals surface area contributed by atoms with Crippen LogP contribution in [-0.2, 0) is 15.8 Å². The molecule has 0 fully saturated rings. The normalized spacial score (nSPS) is 13.7. The lowest BCUT2D eigenvalue weighted by atomic mass is 10.00. The average molecular weight is 371 g/mol. The number of carboxylic acid groups (broad SMARTS) is 1. The van der Waals surface area contributed by atoms with E-state index in [9.17, 15) is 22.8 Å². The van der Waals surface area contributed by atoms with Crippen molar-refractivity contribution in [2.45, 2.75) is 32.0 Å². The predicted octanol–water partition coefficient (Wildman–Crippen LogP) is 3.13. The van der Waals surface area contributed by atoms with Crippen LogP contribution in [0.1, 0.15) is 31.0 Å². The molecule has 0 spiro atoms. The quantitative estimate of drug-likeness (QED) is 0.721. The first-order valence-electron chi connectivity index (χ1n) is 7.51. The highest BCUT2D eigenvalue weighted by Crippen LogP contribution is 2.30. The maximum atomic E-state index is 12.5. The maximum Gasteiger partial charge on any atom is 0.436 e. The number of nitrogens with one attached hydrogen (secondary N) is 2. The molecule has 0 bridgehead atoms. The number of amides is 1. The number of aromatic nitrogens is 1. The summed E-state index contributed by atoms with van der Waals surface area (Å²) >= 11 is 0. The number of aliphatic carboxylic acids is 1. The second-order valence-corrected chi connectivity index (χ2v) is 5.57. The van der Waals surface area contributed by atoms with E-state index in [0.29, 0.717) is 17.5 Å². The summed E-state index contributed by atoms with van der Waals surface area (Å²) in [7, 11) is 0. The number of alkyl halides is 3. The number of hydrogen-bond donors (Lipinski definition) is 3. The molecule has 2 rings (SSSR count). The van der Waals surface area contributed by atoms with Crippen LogP contribution in [0.5, 0.6) is 0 Å². The van der Waals surface area contributed by atoms with E-state index >= 15 is 0 Å². The summed E-state index contributed by atoms with van der Waals surface area (Å²) < 4.78 is 42.1. The first-order chi connectivity index (χ1) is 12.1. The summed E-state index contributed by atoms with van der Waals surface area (Å²) in [5.74, 6) is -2.21. The third-order valence-electron chi connectivity index (χ3n) is 3.58. The van der Waals surface area contributed by atoms with Gasteiger partial charge in [0, 0.05) is 5.69 Å². The van der Waals surface area contributed by atoms with Gasteiger partial charge in [0.05, 0.1) is 5.92 Å². The van der Waals surface area contributed by atoms with Gasteiger partial charge < -0.3 is 20.2 Å². The lowest BCUT2D eigenvalue weighted by Crippen LogP contribution is -2.40. The number of anilines is 2. The van der Waals surface area contributed by atoms with E-state index in [1.165, 1.54) is 19.1 Å². The molecule has 0 unspecified atom stereocenters. The van der Waals surface area contributed by atoms with E-state index < -0.39 is 35.7 Å². The predicted molar refractivity (Wildman–Crippen MR) is 84.9 cm³/mol. The molecule has 1 aromatic carbocycles. The van der Waals surface area contributed by atoms with Gasteiger partial charge in [0.2, 0.25) is 5.91 Å². The third kappa shape index (κ3) is 4.74. The number of benzene rings is 1. The minimum absolute atomic E-state index is 0.314. The molecule has 0 saturated carbocycles. The number of halogens is 3. The van der Waals surface area contributed by atoms with Crippen molar-refractivity contribution < 1.29 is 32.3 Å². The van der Waals surface area contributed by atoms with Crippen molar-refractivity contribution in [1.82, 2.24) is 10.3 Å². The van der Waals surface area contributed by atoms with Crippen LogP contribution in [0.3, 0.4) is 0 Å². The lowest BCUT2D eigenvalue weighted by Gasteiger charge is -2.15. The Bertz CT molecular complexity index is 787. The zero-order valence-electron chi connectivity index (χ0n) is 13.8. The van der Waals surface area contributed by atoms with Crippen LogP contribution in [0, 0.1) is 0 Å². The third-order valence-corrected chi connectivity index (χ3v) is 3.58. The Labute approximate surface area is 146 Å². The largest absolute Gasteiger partial charge is 0.480 e. The van der Waals surface area contributed by atoms with Crippen molar-refractivity contribution in [3.63, 3.8) is 0 Å². The van der Waals surface area contributed by atoms with Crippen LogP contribution < -0.4 is 10.6 Å². The Balaban J connectivity index is 2.02. The summed E-state index contributed by atoms with van der Waals surface area (Å²) in [6.45, 7) is 2.96. The average Bonchev–Trinajstić information content (AvgIpc) is 3.03. The molecule has 10 heteroatoms. The number of carboxylic acids is 1. The molecular formula is C16H16F3N3O4. The molecule has 1 aromatic heterocycles. The van der Waals surface area contributed by atoms with Crippen molar-refractivity contribution in [3.05, 3.63) is 41.8 Å². The van der Waals surface area contributed by atoms with E-state index in [1.54, 1.807) is 19.1 Å². The van der Waals surface area contributed by atoms with Gasteiger partial charge in [-0.3, -0.25) is 9.59 Å². The SMILES string of the molecule is C[C@H](NC(=O)[C@@H](C)c1ccc(Nc2nc(C(F)(F)F)co2)cc1)C(=O)O. The smallest absolute Gasteiger partial charge is 0.436 e. The molecule has 0 aliphatic rings. The number of carbonyl (C=O) groups is 2. The fourth-order valence-electron chi connectivity index (χ4n) is 1.99. The van der Waals surface area contributed by atoms with Gasteiger partial charge in [-0.2, -0.15) is 18.2 Å². The van der Waals surface area contributed by atoms with Crippen LogP contribution >= 0.6 is 0 Å². The van der Waals surface area contributed by atoms with E-state index in [-0.39, 0.29) is 6.01 Å². The summed E-state index contributed by atoms with van der Waals surface area (Å²) in [6, 6.07) is 4.93. The molecule has 2 aromatic rings. The molecule has 3 N–H and O–H groups in total. The highest BCUT2D eigenvalue weighted by atomic mass is 19.4. The Morgan fingerprint density at radius 1 is 1.19 bits per heavy atom. The zero-order chi connectivity index (χ0) is 19.5. The van der Waals surface area contributed by atoms with Gasteiger partial charge in [-0.25, -0.2) is 0 Å². The molecule has 0 radical (unpaired) electrons. The van der Waals surface area contributed by atoms with Crippen molar-refractivity contribution in [2.75, 3.05) is 5.32 Å². The van der Waals surface area contributed by atoms with Gasteiger partial charge >= 0.3 is 12.1 Å². The standard InChI is InChI=1S/C16H16F3N3O4/c1-8(13(23)20-9(2)14(24)25)10-3-5-11(6-4-10)21-15-22-12(7-26-15)16(17,18)19/h3-9H,1-2H3,(H,20,23)(H,21,22)(H,24,25)/t8-,9-/m0/s1. The minimum atomic E-state index is -4.59. The van der Waals surface area contributed by atoms with Gasteiger partial charge in [-0.05, 0) is 31.5 Å². The van der Waals surface area contributed by atoms with Gasteiger partial charge in [0.1, 0.15) is 12.3 Å². The van der Waals surface area contributed by atoms with E-state index in [4.69, 9.17) is 9.52 Å². The van der Waals surface area contributed by atoms with Crippen LogP contribution in [0.2, 0.25) is 0 Å². The molecule has 2 atom stereocenters. The number of carbonyl (C=O) groups excluding carboxylic acids is 1. The topological polar surface area (TPSA) is 104 Å². The Kier molecular flexibility index (Phi) is 5.53. The molecule has 1 amide bonds. The molecule has 0 aliphatic carbocycles. The maximum absolute atomic E-state index is 12.5. The number of nitrogens with zero attached hydrogens (tertiary/aromatic N) is 1. The minimum Gasteiger partial charge on any atom is -0.480 e. The van der Waals surface area contributed by atoms with Crippen LogP contribution in [-0.4, -0.2) is 28.0 Å². The van der Waals surface area contributed by atoms with Crippen molar-refractivity contribution in [2.24, 2.45) is 0 Å². The van der Waals surface area contributed by atoms with Gasteiger partial charge in [-0.1, -0.05) is 12.1 Å². The van der Waals surface area contributed by atoms with Gasteiger partial charge in [0.15, 0.2) is 5.69 Å². The molecule has 7 nitrogen and oxygen atoms in total. The molecule has 0 saturated heterocycles. The fraction of sp³-hybridized carbons (Fsp3) is 0.312. The molecule has 1 heterocycles. The molecule has 26 heavy (non-hydrogen) atoms. The van der Waals surface area contributed by atoms with Crippen LogP contribution in [0.4, 0.5) is 24.9 Å². The van der Waals surface area contributed by atoms with Crippen molar-refractivity contribution in [1.29, 1.82) is 0 Å². The summed E-state index contributed by atoms with van der Waals surface area (Å²) in [5, 5.41) is 13.7. The second kappa shape index (κ2) is 7.46. The highest BCUT2D eigenvalue weighted by Gasteiger charge is 2.34. The van der Waals surface area contributed by atoms with Crippen molar-refractivity contribution >= 4 is 23.6 Å². The Morgan fingerprint density at radius 3 is 2.31 bits per heavy atom. The first kappa shape index (κ1) is 19.3. The van der Waals surface area contributed by atoms with E-state index in [0.717, 1.165) is 0 Å². The van der Waals surface area contributed by atoms with Gasteiger partial charge in [0.25, 0.3) is 6.01 Å². The summed E-state index contributed by atoms with van der Waals surface area (Å²) in [5.41, 5.74) is -0.126. The first-order valence-corrected chi connectivity index (χ1v) is 7.51. The second-order valence-electron chi connectivity index (χ2n) is 5.57.